The molecule has 0 bridgehead atoms. The maximum absolute atomic E-state index is 12.6. The van der Waals surface area contributed by atoms with Crippen molar-refractivity contribution in [2.45, 2.75) is 32.2 Å². The van der Waals surface area contributed by atoms with Crippen molar-refractivity contribution in [3.8, 4) is 0 Å². The molecule has 0 saturated heterocycles. The Labute approximate surface area is 134 Å². The number of thiophene rings is 1. The van der Waals surface area contributed by atoms with Crippen LogP contribution in [0, 0.1) is 0 Å². The fraction of sp³-hybridized carbons (Fsp3) is 0.353. The first-order chi connectivity index (χ1) is 10.2. The average Bonchev–Trinajstić information content (AvgIpc) is 2.97. The molecule has 0 N–H and O–H groups in total. The normalized spacial score (nSPS) is 17.6. The lowest BCUT2D eigenvalue weighted by Crippen LogP contribution is -2.40. The minimum atomic E-state index is 0.209. The molecule has 0 spiro atoms. The highest BCUT2D eigenvalue weighted by molar-refractivity contribution is 7.10. The summed E-state index contributed by atoms with van der Waals surface area (Å²) in [6.07, 6.45) is 2.40. The second-order valence-electron chi connectivity index (χ2n) is 5.36. The molecule has 2 heterocycles. The molecule has 1 unspecified atom stereocenters. The van der Waals surface area contributed by atoms with Crippen LogP contribution in [0.3, 0.4) is 0 Å². The molecule has 0 aliphatic carbocycles. The van der Waals surface area contributed by atoms with E-state index in [0.29, 0.717) is 11.4 Å². The van der Waals surface area contributed by atoms with E-state index in [9.17, 15) is 4.79 Å². The predicted octanol–water partition coefficient (Wildman–Crippen LogP) is 4.48. The molecular weight excluding hydrogens is 302 g/mol. The first-order valence-corrected chi connectivity index (χ1v) is 8.55. The van der Waals surface area contributed by atoms with E-state index in [1.54, 1.807) is 0 Å². The van der Waals surface area contributed by atoms with Gasteiger partial charge in [0.1, 0.15) is 0 Å². The summed E-state index contributed by atoms with van der Waals surface area (Å²) in [6, 6.07) is 9.96. The molecule has 0 fully saturated rings. The third-order valence-corrected chi connectivity index (χ3v) is 5.32. The van der Waals surface area contributed by atoms with Crippen LogP contribution >= 0.6 is 22.9 Å². The van der Waals surface area contributed by atoms with Gasteiger partial charge in [-0.1, -0.05) is 30.7 Å². The molecule has 2 aromatic rings. The molecular formula is C17H18ClNOS. The van der Waals surface area contributed by atoms with Crippen molar-refractivity contribution in [2.24, 2.45) is 0 Å². The van der Waals surface area contributed by atoms with Gasteiger partial charge < -0.3 is 4.90 Å². The highest BCUT2D eigenvalue weighted by Gasteiger charge is 2.29. The van der Waals surface area contributed by atoms with E-state index in [4.69, 9.17) is 11.6 Å². The van der Waals surface area contributed by atoms with Gasteiger partial charge in [-0.25, -0.2) is 0 Å². The number of halogens is 1. The predicted molar refractivity (Wildman–Crippen MR) is 87.9 cm³/mol. The van der Waals surface area contributed by atoms with Crippen LogP contribution in [-0.2, 0) is 17.6 Å². The molecule has 1 aliphatic rings. The van der Waals surface area contributed by atoms with Crippen LogP contribution in [0.25, 0.3) is 0 Å². The number of carbonyl (C=O) groups is 1. The minimum Gasteiger partial charge on any atom is -0.335 e. The zero-order chi connectivity index (χ0) is 14.8. The molecule has 3 rings (SSSR count). The van der Waals surface area contributed by atoms with Gasteiger partial charge in [-0.05, 0) is 47.5 Å². The van der Waals surface area contributed by atoms with Crippen molar-refractivity contribution >= 4 is 28.8 Å². The van der Waals surface area contributed by atoms with E-state index in [2.05, 4.69) is 18.4 Å². The zero-order valence-electron chi connectivity index (χ0n) is 12.0. The molecule has 1 aromatic carbocycles. The Morgan fingerprint density at radius 1 is 1.33 bits per heavy atom. The van der Waals surface area contributed by atoms with Gasteiger partial charge in [-0.2, -0.15) is 0 Å². The van der Waals surface area contributed by atoms with E-state index in [1.165, 1.54) is 10.4 Å². The Balaban J connectivity index is 1.77. The van der Waals surface area contributed by atoms with Gasteiger partial charge in [0.2, 0.25) is 5.91 Å². The molecule has 0 saturated carbocycles. The third kappa shape index (κ3) is 2.99. The van der Waals surface area contributed by atoms with Crippen molar-refractivity contribution < 1.29 is 4.79 Å². The van der Waals surface area contributed by atoms with Crippen molar-refractivity contribution in [3.63, 3.8) is 0 Å². The van der Waals surface area contributed by atoms with Gasteiger partial charge in [-0.15, -0.1) is 11.3 Å². The Morgan fingerprint density at radius 3 is 2.81 bits per heavy atom. The Hall–Kier alpha value is -1.32. The molecule has 0 radical (unpaired) electrons. The number of rotatable bonds is 3. The Morgan fingerprint density at radius 2 is 2.10 bits per heavy atom. The summed E-state index contributed by atoms with van der Waals surface area (Å²) < 4.78 is 0. The van der Waals surface area contributed by atoms with E-state index in [0.717, 1.165) is 24.9 Å². The Kier molecular flexibility index (Phi) is 4.32. The molecule has 1 aromatic heterocycles. The van der Waals surface area contributed by atoms with Crippen molar-refractivity contribution in [1.82, 2.24) is 4.90 Å². The van der Waals surface area contributed by atoms with Gasteiger partial charge >= 0.3 is 0 Å². The largest absolute Gasteiger partial charge is 0.335 e. The van der Waals surface area contributed by atoms with E-state index in [1.807, 2.05) is 40.5 Å². The topological polar surface area (TPSA) is 20.3 Å². The number of benzene rings is 1. The number of carbonyl (C=O) groups excluding carboxylic acids is 1. The molecule has 4 heteroatoms. The van der Waals surface area contributed by atoms with E-state index >= 15 is 0 Å². The monoisotopic (exact) mass is 319 g/mol. The van der Waals surface area contributed by atoms with Crippen LogP contribution in [-0.4, -0.2) is 17.4 Å². The summed E-state index contributed by atoms with van der Waals surface area (Å²) >= 11 is 7.70. The first kappa shape index (κ1) is 14.6. The fourth-order valence-electron chi connectivity index (χ4n) is 3.01. The molecule has 1 aliphatic heterocycles. The summed E-state index contributed by atoms with van der Waals surface area (Å²) in [7, 11) is 0. The third-order valence-electron chi connectivity index (χ3n) is 4.07. The van der Waals surface area contributed by atoms with E-state index in [-0.39, 0.29) is 11.9 Å². The number of fused-ring (bicyclic) bond motifs is 1. The lowest BCUT2D eigenvalue weighted by atomic mass is 9.97. The number of nitrogens with zero attached hydrogens (tertiary/aromatic N) is 1. The fourth-order valence-corrected chi connectivity index (χ4v) is 4.07. The van der Waals surface area contributed by atoms with E-state index < -0.39 is 0 Å². The molecule has 1 atom stereocenters. The van der Waals surface area contributed by atoms with Crippen molar-refractivity contribution in [3.05, 3.63) is 56.7 Å². The highest BCUT2D eigenvalue weighted by atomic mass is 35.5. The van der Waals surface area contributed by atoms with Crippen molar-refractivity contribution in [2.75, 3.05) is 6.54 Å². The van der Waals surface area contributed by atoms with Gasteiger partial charge in [0, 0.05) is 16.4 Å². The number of hydrogen-bond donors (Lipinski definition) is 0. The summed E-state index contributed by atoms with van der Waals surface area (Å²) in [4.78, 5) is 16.1. The maximum Gasteiger partial charge on any atom is 0.227 e. The lowest BCUT2D eigenvalue weighted by Gasteiger charge is -2.35. The molecule has 2 nitrogen and oxygen atoms in total. The van der Waals surface area contributed by atoms with Crippen LogP contribution in [0.1, 0.15) is 35.4 Å². The van der Waals surface area contributed by atoms with Gasteiger partial charge in [-0.3, -0.25) is 4.79 Å². The summed E-state index contributed by atoms with van der Waals surface area (Å²) in [5.74, 6) is 0.209. The smallest absolute Gasteiger partial charge is 0.227 e. The SMILES string of the molecule is CCC1c2ccsc2CCN1C(=O)Cc1ccc(Cl)cc1. The summed E-state index contributed by atoms with van der Waals surface area (Å²) in [6.45, 7) is 2.98. The quantitative estimate of drug-likeness (QED) is 0.816. The lowest BCUT2D eigenvalue weighted by molar-refractivity contribution is -0.133. The van der Waals surface area contributed by atoms with Crippen LogP contribution in [0.2, 0.25) is 5.02 Å². The molecule has 110 valence electrons. The second-order valence-corrected chi connectivity index (χ2v) is 6.80. The number of amides is 1. The standard InChI is InChI=1S/C17H18ClNOS/c1-2-15-14-8-10-21-16(14)7-9-19(15)17(20)11-12-3-5-13(18)6-4-12/h3-6,8,10,15H,2,7,9,11H2,1H3. The first-order valence-electron chi connectivity index (χ1n) is 7.29. The van der Waals surface area contributed by atoms with Crippen molar-refractivity contribution in [1.29, 1.82) is 0 Å². The maximum atomic E-state index is 12.6. The average molecular weight is 320 g/mol. The Bertz CT molecular complexity index is 634. The van der Waals surface area contributed by atoms with Crippen LogP contribution in [0.5, 0.6) is 0 Å². The van der Waals surface area contributed by atoms with Gasteiger partial charge in [0.05, 0.1) is 12.5 Å². The van der Waals surface area contributed by atoms with Crippen LogP contribution in [0.4, 0.5) is 0 Å². The number of hydrogen-bond acceptors (Lipinski definition) is 2. The minimum absolute atomic E-state index is 0.209. The zero-order valence-corrected chi connectivity index (χ0v) is 13.6. The molecule has 1 amide bonds. The highest BCUT2D eigenvalue weighted by Crippen LogP contribution is 2.35. The summed E-state index contributed by atoms with van der Waals surface area (Å²) in [5, 5.41) is 2.85. The summed E-state index contributed by atoms with van der Waals surface area (Å²) in [5.41, 5.74) is 2.37. The van der Waals surface area contributed by atoms with Gasteiger partial charge in [0.15, 0.2) is 0 Å². The molecule has 21 heavy (non-hydrogen) atoms. The van der Waals surface area contributed by atoms with Crippen LogP contribution in [0.15, 0.2) is 35.7 Å². The van der Waals surface area contributed by atoms with Crippen LogP contribution < -0.4 is 0 Å². The van der Waals surface area contributed by atoms with Gasteiger partial charge in [0.25, 0.3) is 0 Å². The second kappa shape index (κ2) is 6.20.